The number of rotatable bonds is 3. The van der Waals surface area contributed by atoms with Gasteiger partial charge in [0.05, 0.1) is 5.02 Å². The van der Waals surface area contributed by atoms with Crippen molar-refractivity contribution in [3.63, 3.8) is 0 Å². The summed E-state index contributed by atoms with van der Waals surface area (Å²) < 4.78 is 13.2. The Kier molecular flexibility index (Phi) is 3.72. The predicted octanol–water partition coefficient (Wildman–Crippen LogP) is 3.61. The van der Waals surface area contributed by atoms with Crippen molar-refractivity contribution in [1.82, 2.24) is 4.98 Å². The summed E-state index contributed by atoms with van der Waals surface area (Å²) in [5.41, 5.74) is 1.82. The van der Waals surface area contributed by atoms with Crippen molar-refractivity contribution in [3.8, 4) is 0 Å². The van der Waals surface area contributed by atoms with Crippen LogP contribution in [0.3, 0.4) is 0 Å². The zero-order valence-electron chi connectivity index (χ0n) is 9.78. The van der Waals surface area contributed by atoms with Gasteiger partial charge in [-0.1, -0.05) is 23.7 Å². The van der Waals surface area contributed by atoms with Gasteiger partial charge >= 0.3 is 0 Å². The van der Waals surface area contributed by atoms with Gasteiger partial charge in [-0.05, 0) is 30.7 Å². The second-order valence-corrected chi connectivity index (χ2v) is 4.38. The van der Waals surface area contributed by atoms with Gasteiger partial charge in [0, 0.05) is 23.9 Å². The summed E-state index contributed by atoms with van der Waals surface area (Å²) in [4.78, 5) is 16.0. The molecular weight excluding hydrogens is 253 g/mol. The Balaban J connectivity index is 2.24. The number of Topliss-reactive ketones (excluding diaryl/α,β-unsaturated/α-hetero) is 1. The van der Waals surface area contributed by atoms with E-state index in [9.17, 15) is 9.18 Å². The minimum atomic E-state index is -0.507. The molecule has 0 bridgehead atoms. The number of hydrogen-bond donors (Lipinski definition) is 0. The highest BCUT2D eigenvalue weighted by Crippen LogP contribution is 2.21. The van der Waals surface area contributed by atoms with E-state index in [-0.39, 0.29) is 17.2 Å². The Hall–Kier alpha value is -1.74. The Morgan fingerprint density at radius 3 is 2.89 bits per heavy atom. The van der Waals surface area contributed by atoms with Crippen molar-refractivity contribution in [2.75, 3.05) is 0 Å². The molecule has 0 N–H and O–H groups in total. The van der Waals surface area contributed by atoms with Crippen LogP contribution in [0.15, 0.2) is 36.5 Å². The maximum atomic E-state index is 13.2. The second kappa shape index (κ2) is 5.27. The molecule has 0 aliphatic rings. The summed E-state index contributed by atoms with van der Waals surface area (Å²) in [5, 5.41) is 0.0108. The van der Waals surface area contributed by atoms with Crippen molar-refractivity contribution in [2.24, 2.45) is 0 Å². The van der Waals surface area contributed by atoms with Crippen molar-refractivity contribution in [2.45, 2.75) is 13.3 Å². The molecule has 0 saturated carbocycles. The largest absolute Gasteiger partial charge is 0.294 e. The smallest absolute Gasteiger partial charge is 0.167 e. The van der Waals surface area contributed by atoms with Crippen molar-refractivity contribution < 1.29 is 9.18 Å². The van der Waals surface area contributed by atoms with E-state index >= 15 is 0 Å². The molecule has 0 amide bonds. The summed E-state index contributed by atoms with van der Waals surface area (Å²) in [5.74, 6) is -0.610. The Labute approximate surface area is 109 Å². The lowest BCUT2D eigenvalue weighted by molar-refractivity contribution is 0.0992. The number of pyridine rings is 1. The molecule has 2 nitrogen and oxygen atoms in total. The standard InChI is InChI=1S/C14H11ClFNO/c1-9-7-10(5-6-17-9)13(18)8-11-3-2-4-12(16)14(11)15/h2-7H,8H2,1H3. The molecule has 2 aromatic rings. The van der Waals surface area contributed by atoms with Crippen LogP contribution in [0.1, 0.15) is 21.6 Å². The minimum absolute atomic E-state index is 0.0108. The Morgan fingerprint density at radius 2 is 2.17 bits per heavy atom. The summed E-state index contributed by atoms with van der Waals surface area (Å²) in [7, 11) is 0. The quantitative estimate of drug-likeness (QED) is 0.792. The molecule has 4 heteroatoms. The van der Waals surface area contributed by atoms with Gasteiger partial charge in [0.25, 0.3) is 0 Å². The summed E-state index contributed by atoms with van der Waals surface area (Å²) in [6.45, 7) is 1.81. The summed E-state index contributed by atoms with van der Waals surface area (Å²) >= 11 is 5.82. The highest BCUT2D eigenvalue weighted by Gasteiger charge is 2.12. The van der Waals surface area contributed by atoms with Gasteiger partial charge in [-0.2, -0.15) is 0 Å². The van der Waals surface area contributed by atoms with Crippen LogP contribution >= 0.6 is 11.6 Å². The summed E-state index contributed by atoms with van der Waals surface area (Å²) in [6.07, 6.45) is 1.66. The normalized spacial score (nSPS) is 10.4. The third kappa shape index (κ3) is 2.74. The molecule has 0 fully saturated rings. The van der Waals surface area contributed by atoms with E-state index < -0.39 is 5.82 Å². The number of carbonyl (C=O) groups excluding carboxylic acids is 1. The molecular formula is C14H11ClFNO. The molecule has 0 radical (unpaired) electrons. The lowest BCUT2D eigenvalue weighted by Gasteiger charge is -2.05. The van der Waals surface area contributed by atoms with Gasteiger partial charge in [0.2, 0.25) is 0 Å². The van der Waals surface area contributed by atoms with E-state index in [4.69, 9.17) is 11.6 Å². The molecule has 1 aromatic carbocycles. The molecule has 92 valence electrons. The topological polar surface area (TPSA) is 30.0 Å². The summed E-state index contributed by atoms with van der Waals surface area (Å²) in [6, 6.07) is 7.81. The molecule has 0 atom stereocenters. The minimum Gasteiger partial charge on any atom is -0.294 e. The molecule has 2 rings (SSSR count). The zero-order valence-corrected chi connectivity index (χ0v) is 10.5. The van der Waals surface area contributed by atoms with E-state index in [0.717, 1.165) is 5.69 Å². The molecule has 18 heavy (non-hydrogen) atoms. The van der Waals surface area contributed by atoms with Crippen LogP contribution in [-0.2, 0) is 6.42 Å². The van der Waals surface area contributed by atoms with E-state index in [1.165, 1.54) is 6.07 Å². The van der Waals surface area contributed by atoms with Gasteiger partial charge in [0.1, 0.15) is 5.82 Å². The third-order valence-corrected chi connectivity index (χ3v) is 3.02. The molecule has 1 aromatic heterocycles. The van der Waals surface area contributed by atoms with Gasteiger partial charge in [-0.3, -0.25) is 9.78 Å². The zero-order chi connectivity index (χ0) is 13.1. The number of ketones is 1. The highest BCUT2D eigenvalue weighted by molar-refractivity contribution is 6.31. The van der Waals surface area contributed by atoms with Crippen LogP contribution < -0.4 is 0 Å². The third-order valence-electron chi connectivity index (χ3n) is 2.60. The first-order valence-corrected chi connectivity index (χ1v) is 5.84. The van der Waals surface area contributed by atoms with Crippen LogP contribution in [0.4, 0.5) is 4.39 Å². The fourth-order valence-electron chi connectivity index (χ4n) is 1.68. The van der Waals surface area contributed by atoms with Gasteiger partial charge < -0.3 is 0 Å². The predicted molar refractivity (Wildman–Crippen MR) is 68.4 cm³/mol. The number of aryl methyl sites for hydroxylation is 1. The monoisotopic (exact) mass is 263 g/mol. The van der Waals surface area contributed by atoms with Crippen LogP contribution in [0.5, 0.6) is 0 Å². The van der Waals surface area contributed by atoms with Gasteiger partial charge in [-0.15, -0.1) is 0 Å². The first-order chi connectivity index (χ1) is 8.58. The van der Waals surface area contributed by atoms with Crippen LogP contribution in [-0.4, -0.2) is 10.8 Å². The number of carbonyl (C=O) groups is 1. The van der Waals surface area contributed by atoms with Crippen LogP contribution in [0, 0.1) is 12.7 Å². The van der Waals surface area contributed by atoms with Crippen molar-refractivity contribution >= 4 is 17.4 Å². The van der Waals surface area contributed by atoms with Crippen molar-refractivity contribution in [3.05, 3.63) is 64.2 Å². The average Bonchev–Trinajstić information content (AvgIpc) is 2.35. The number of aromatic nitrogens is 1. The number of benzene rings is 1. The first kappa shape index (κ1) is 12.7. The lowest BCUT2D eigenvalue weighted by atomic mass is 10.0. The Bertz CT molecular complexity index is 598. The van der Waals surface area contributed by atoms with Crippen molar-refractivity contribution in [1.29, 1.82) is 0 Å². The number of nitrogens with zero attached hydrogens (tertiary/aromatic N) is 1. The molecule has 0 unspecified atom stereocenters. The fraction of sp³-hybridized carbons (Fsp3) is 0.143. The van der Waals surface area contributed by atoms with E-state index in [1.807, 2.05) is 6.92 Å². The molecule has 0 aliphatic carbocycles. The lowest BCUT2D eigenvalue weighted by Crippen LogP contribution is -2.05. The fourth-order valence-corrected chi connectivity index (χ4v) is 1.87. The van der Waals surface area contributed by atoms with E-state index in [2.05, 4.69) is 4.98 Å². The molecule has 0 spiro atoms. The van der Waals surface area contributed by atoms with E-state index in [1.54, 1.807) is 30.5 Å². The van der Waals surface area contributed by atoms with Crippen LogP contribution in [0.25, 0.3) is 0 Å². The average molecular weight is 264 g/mol. The molecule has 0 saturated heterocycles. The Morgan fingerprint density at radius 1 is 1.39 bits per heavy atom. The molecule has 1 heterocycles. The second-order valence-electron chi connectivity index (χ2n) is 4.00. The highest BCUT2D eigenvalue weighted by atomic mass is 35.5. The van der Waals surface area contributed by atoms with E-state index in [0.29, 0.717) is 11.1 Å². The molecule has 0 aliphatic heterocycles. The number of halogens is 2. The van der Waals surface area contributed by atoms with Gasteiger partial charge in [0.15, 0.2) is 5.78 Å². The maximum Gasteiger partial charge on any atom is 0.167 e. The number of hydrogen-bond acceptors (Lipinski definition) is 2. The maximum absolute atomic E-state index is 13.2. The van der Waals surface area contributed by atoms with Crippen LogP contribution in [0.2, 0.25) is 5.02 Å². The SMILES string of the molecule is Cc1cc(C(=O)Cc2cccc(F)c2Cl)ccn1. The first-order valence-electron chi connectivity index (χ1n) is 5.46. The van der Waals surface area contributed by atoms with Gasteiger partial charge in [-0.25, -0.2) is 4.39 Å².